The fraction of sp³-hybridized carbons (Fsp3) is 0.900. The van der Waals surface area contributed by atoms with Crippen LogP contribution in [-0.4, -0.2) is 29.4 Å². The molecule has 0 aliphatic heterocycles. The Morgan fingerprint density at radius 1 is 1.57 bits per heavy atom. The third kappa shape index (κ3) is 2.69. The number of likely N-dealkylation sites (N-methyl/N-ethyl adjacent to an activating group) is 1. The first kappa shape index (κ1) is 11.5. The Kier molecular flexibility index (Phi) is 4.35. The van der Waals surface area contributed by atoms with Crippen molar-refractivity contribution < 1.29 is 4.79 Å². The van der Waals surface area contributed by atoms with Crippen LogP contribution >= 0.6 is 0 Å². The van der Waals surface area contributed by atoms with Crippen molar-refractivity contribution in [3.8, 4) is 0 Å². The molecule has 1 fully saturated rings. The summed E-state index contributed by atoms with van der Waals surface area (Å²) in [5.41, 5.74) is 2.27. The second-order valence-corrected chi connectivity index (χ2v) is 3.87. The largest absolute Gasteiger partial charge is 0.293 e. The number of hydrogen-bond donors (Lipinski definition) is 2. The minimum Gasteiger partial charge on any atom is -0.293 e. The van der Waals surface area contributed by atoms with Crippen molar-refractivity contribution in [2.24, 2.45) is 5.84 Å². The van der Waals surface area contributed by atoms with Gasteiger partial charge in [-0.1, -0.05) is 20.3 Å². The molecule has 0 radical (unpaired) electrons. The van der Waals surface area contributed by atoms with Crippen molar-refractivity contribution >= 4 is 5.91 Å². The first-order valence-corrected chi connectivity index (χ1v) is 5.50. The molecule has 0 spiro atoms. The summed E-state index contributed by atoms with van der Waals surface area (Å²) in [4.78, 5) is 13.8. The maximum absolute atomic E-state index is 11.6. The van der Waals surface area contributed by atoms with Gasteiger partial charge >= 0.3 is 0 Å². The average Bonchev–Trinajstić information content (AvgIpc) is 3.00. The van der Waals surface area contributed by atoms with Crippen LogP contribution in [0.3, 0.4) is 0 Å². The lowest BCUT2D eigenvalue weighted by Gasteiger charge is -2.28. The predicted molar refractivity (Wildman–Crippen MR) is 56.4 cm³/mol. The van der Waals surface area contributed by atoms with Gasteiger partial charge in [0.05, 0.1) is 6.04 Å². The van der Waals surface area contributed by atoms with E-state index in [1.54, 1.807) is 0 Å². The third-order valence-electron chi connectivity index (χ3n) is 2.79. The number of carbonyl (C=O) groups is 1. The molecule has 1 aliphatic carbocycles. The summed E-state index contributed by atoms with van der Waals surface area (Å²) in [5, 5.41) is 0. The van der Waals surface area contributed by atoms with E-state index >= 15 is 0 Å². The fourth-order valence-electron chi connectivity index (χ4n) is 1.96. The lowest BCUT2D eigenvalue weighted by molar-refractivity contribution is -0.127. The van der Waals surface area contributed by atoms with Crippen LogP contribution in [0, 0.1) is 0 Å². The maximum Gasteiger partial charge on any atom is 0.251 e. The molecule has 1 atom stereocenters. The van der Waals surface area contributed by atoms with Gasteiger partial charge in [-0.05, 0) is 25.8 Å². The van der Waals surface area contributed by atoms with Crippen LogP contribution in [0.15, 0.2) is 0 Å². The second-order valence-electron chi connectivity index (χ2n) is 3.87. The van der Waals surface area contributed by atoms with E-state index in [1.165, 1.54) is 12.8 Å². The Morgan fingerprint density at radius 3 is 2.57 bits per heavy atom. The Hall–Kier alpha value is -0.610. The van der Waals surface area contributed by atoms with Gasteiger partial charge in [0.15, 0.2) is 0 Å². The SMILES string of the molecule is CCCC(C(=O)NN)N(CC)C1CC1. The van der Waals surface area contributed by atoms with Crippen LogP contribution < -0.4 is 11.3 Å². The lowest BCUT2D eigenvalue weighted by atomic mass is 10.1. The summed E-state index contributed by atoms with van der Waals surface area (Å²) in [6.45, 7) is 5.13. The zero-order valence-corrected chi connectivity index (χ0v) is 9.12. The highest BCUT2D eigenvalue weighted by Crippen LogP contribution is 2.29. The van der Waals surface area contributed by atoms with Gasteiger partial charge < -0.3 is 0 Å². The van der Waals surface area contributed by atoms with E-state index in [0.29, 0.717) is 6.04 Å². The van der Waals surface area contributed by atoms with E-state index < -0.39 is 0 Å². The van der Waals surface area contributed by atoms with Crippen molar-refractivity contribution in [2.45, 2.75) is 51.6 Å². The van der Waals surface area contributed by atoms with Crippen LogP contribution in [0.1, 0.15) is 39.5 Å². The van der Waals surface area contributed by atoms with Gasteiger partial charge in [-0.3, -0.25) is 15.1 Å². The topological polar surface area (TPSA) is 58.4 Å². The number of nitrogens with zero attached hydrogens (tertiary/aromatic N) is 1. The molecule has 0 aromatic carbocycles. The third-order valence-corrected chi connectivity index (χ3v) is 2.79. The average molecular weight is 199 g/mol. The Balaban J connectivity index is 2.57. The zero-order chi connectivity index (χ0) is 10.6. The molecule has 14 heavy (non-hydrogen) atoms. The van der Waals surface area contributed by atoms with Gasteiger partial charge in [-0.25, -0.2) is 5.84 Å². The maximum atomic E-state index is 11.6. The summed E-state index contributed by atoms with van der Waals surface area (Å²) < 4.78 is 0. The monoisotopic (exact) mass is 199 g/mol. The second kappa shape index (κ2) is 5.32. The zero-order valence-electron chi connectivity index (χ0n) is 9.12. The summed E-state index contributed by atoms with van der Waals surface area (Å²) in [7, 11) is 0. The van der Waals surface area contributed by atoms with Crippen molar-refractivity contribution in [1.82, 2.24) is 10.3 Å². The fourth-order valence-corrected chi connectivity index (χ4v) is 1.96. The van der Waals surface area contributed by atoms with E-state index in [-0.39, 0.29) is 11.9 Å². The predicted octanol–water partition coefficient (Wildman–Crippen LogP) is 0.629. The first-order valence-electron chi connectivity index (χ1n) is 5.50. The highest BCUT2D eigenvalue weighted by atomic mass is 16.2. The highest BCUT2D eigenvalue weighted by Gasteiger charge is 2.35. The first-order chi connectivity index (χ1) is 6.74. The minimum absolute atomic E-state index is 0.0255. The smallest absolute Gasteiger partial charge is 0.251 e. The Bertz CT molecular complexity index is 192. The number of nitrogens with two attached hydrogens (primary N) is 1. The van der Waals surface area contributed by atoms with Crippen LogP contribution in [-0.2, 0) is 4.79 Å². The van der Waals surface area contributed by atoms with Crippen molar-refractivity contribution in [3.05, 3.63) is 0 Å². The van der Waals surface area contributed by atoms with Gasteiger partial charge in [0.1, 0.15) is 0 Å². The van der Waals surface area contributed by atoms with Gasteiger partial charge in [-0.2, -0.15) is 0 Å². The number of rotatable bonds is 6. The van der Waals surface area contributed by atoms with E-state index in [0.717, 1.165) is 19.4 Å². The summed E-state index contributed by atoms with van der Waals surface area (Å²) in [6, 6.07) is 0.594. The van der Waals surface area contributed by atoms with Crippen molar-refractivity contribution in [2.75, 3.05) is 6.54 Å². The molecule has 0 aromatic rings. The Labute approximate surface area is 85.8 Å². The van der Waals surface area contributed by atoms with E-state index in [4.69, 9.17) is 5.84 Å². The highest BCUT2D eigenvalue weighted by molar-refractivity contribution is 5.81. The molecule has 1 saturated carbocycles. The number of nitrogens with one attached hydrogen (secondary N) is 1. The molecule has 0 heterocycles. The molecule has 1 rings (SSSR count). The molecule has 82 valence electrons. The molecule has 4 heteroatoms. The molecule has 0 bridgehead atoms. The van der Waals surface area contributed by atoms with Crippen LogP contribution in [0.2, 0.25) is 0 Å². The number of hydrazine groups is 1. The van der Waals surface area contributed by atoms with Crippen molar-refractivity contribution in [3.63, 3.8) is 0 Å². The summed E-state index contributed by atoms with van der Waals surface area (Å²) in [6.07, 6.45) is 4.37. The summed E-state index contributed by atoms with van der Waals surface area (Å²) >= 11 is 0. The molecule has 1 aliphatic rings. The van der Waals surface area contributed by atoms with Gasteiger partial charge in [-0.15, -0.1) is 0 Å². The molecule has 4 nitrogen and oxygen atoms in total. The van der Waals surface area contributed by atoms with Crippen LogP contribution in [0.4, 0.5) is 0 Å². The number of hydrogen-bond acceptors (Lipinski definition) is 3. The molecule has 1 amide bonds. The van der Waals surface area contributed by atoms with E-state index in [2.05, 4.69) is 24.2 Å². The van der Waals surface area contributed by atoms with E-state index in [1.807, 2.05) is 0 Å². The van der Waals surface area contributed by atoms with E-state index in [9.17, 15) is 4.79 Å². The van der Waals surface area contributed by atoms with Crippen LogP contribution in [0.5, 0.6) is 0 Å². The molecular formula is C10H21N3O. The Morgan fingerprint density at radius 2 is 2.21 bits per heavy atom. The molecular weight excluding hydrogens is 178 g/mol. The van der Waals surface area contributed by atoms with Gasteiger partial charge in [0, 0.05) is 6.04 Å². The standard InChI is InChI=1S/C10H21N3O/c1-3-5-9(10(14)12-11)13(4-2)8-6-7-8/h8-9H,3-7,11H2,1-2H3,(H,12,14). The van der Waals surface area contributed by atoms with Gasteiger partial charge in [0.2, 0.25) is 0 Å². The number of carbonyl (C=O) groups excluding carboxylic acids is 1. The molecule has 3 N–H and O–H groups in total. The quantitative estimate of drug-likeness (QED) is 0.375. The molecule has 1 unspecified atom stereocenters. The van der Waals surface area contributed by atoms with Crippen LogP contribution in [0.25, 0.3) is 0 Å². The normalized spacial score (nSPS) is 18.3. The number of amides is 1. The summed E-state index contributed by atoms with van der Waals surface area (Å²) in [5.74, 6) is 5.15. The molecule has 0 saturated heterocycles. The van der Waals surface area contributed by atoms with Crippen molar-refractivity contribution in [1.29, 1.82) is 0 Å². The van der Waals surface area contributed by atoms with Gasteiger partial charge in [0.25, 0.3) is 5.91 Å². The molecule has 0 aromatic heterocycles. The lowest BCUT2D eigenvalue weighted by Crippen LogP contribution is -2.49. The minimum atomic E-state index is -0.0411.